The molecule has 5 rings (SSSR count). The van der Waals surface area contributed by atoms with Crippen LogP contribution in [0.3, 0.4) is 0 Å². The van der Waals surface area contributed by atoms with Crippen LogP contribution in [0, 0.1) is 0 Å². The van der Waals surface area contributed by atoms with Crippen molar-refractivity contribution in [1.82, 2.24) is 30.0 Å². The first kappa shape index (κ1) is 22.0. The van der Waals surface area contributed by atoms with Gasteiger partial charge in [-0.1, -0.05) is 11.2 Å². The summed E-state index contributed by atoms with van der Waals surface area (Å²) in [7, 11) is 3.60. The highest BCUT2D eigenvalue weighted by Crippen LogP contribution is 2.34. The molecule has 0 aromatic carbocycles. The van der Waals surface area contributed by atoms with E-state index in [4.69, 9.17) is 4.52 Å². The molecule has 2 aliphatic heterocycles. The summed E-state index contributed by atoms with van der Waals surface area (Å²) < 4.78 is 5.35. The SMILES string of the molecule is C[C@H](Nc1nccc(-c2cccc(-c3cc([C@]4(O)CCN(C)C4=O)on3)n2)n1)C1CC=NN1C. The van der Waals surface area contributed by atoms with Crippen LogP contribution in [0.2, 0.25) is 0 Å². The molecule has 1 amide bonds. The normalized spacial score (nSPS) is 23.1. The summed E-state index contributed by atoms with van der Waals surface area (Å²) in [6, 6.07) is 9.17. The van der Waals surface area contributed by atoms with Gasteiger partial charge in [0.15, 0.2) is 5.76 Å². The van der Waals surface area contributed by atoms with E-state index >= 15 is 0 Å². The number of aliphatic hydroxyl groups is 1. The molecule has 176 valence electrons. The zero-order valence-corrected chi connectivity index (χ0v) is 19.2. The Morgan fingerprint density at radius 2 is 1.94 bits per heavy atom. The molecule has 0 bridgehead atoms. The molecular weight excluding hydrogens is 436 g/mol. The molecule has 1 fully saturated rings. The van der Waals surface area contributed by atoms with Gasteiger partial charge in [-0.25, -0.2) is 15.0 Å². The van der Waals surface area contributed by atoms with Crippen molar-refractivity contribution < 1.29 is 14.4 Å². The summed E-state index contributed by atoms with van der Waals surface area (Å²) >= 11 is 0. The number of amides is 1. The van der Waals surface area contributed by atoms with E-state index in [9.17, 15) is 9.90 Å². The van der Waals surface area contributed by atoms with Gasteiger partial charge in [-0.3, -0.25) is 9.80 Å². The third-order valence-electron chi connectivity index (χ3n) is 6.38. The summed E-state index contributed by atoms with van der Waals surface area (Å²) in [6.07, 6.45) is 4.71. The van der Waals surface area contributed by atoms with Crippen LogP contribution >= 0.6 is 0 Å². The van der Waals surface area contributed by atoms with Crippen LogP contribution in [0.25, 0.3) is 22.8 Å². The van der Waals surface area contributed by atoms with Crippen LogP contribution in [-0.2, 0) is 10.4 Å². The number of nitrogens with one attached hydrogen (secondary N) is 1. The third-order valence-corrected chi connectivity index (χ3v) is 6.38. The van der Waals surface area contributed by atoms with Gasteiger partial charge in [0.05, 0.1) is 23.1 Å². The van der Waals surface area contributed by atoms with Crippen LogP contribution < -0.4 is 5.32 Å². The number of likely N-dealkylation sites (tertiary alicyclic amines) is 1. The molecule has 2 N–H and O–H groups in total. The van der Waals surface area contributed by atoms with Gasteiger partial charge >= 0.3 is 0 Å². The number of rotatable bonds is 6. The van der Waals surface area contributed by atoms with E-state index in [0.717, 1.165) is 6.42 Å². The van der Waals surface area contributed by atoms with E-state index in [0.29, 0.717) is 35.3 Å². The number of carbonyl (C=O) groups excluding carboxylic acids is 1. The minimum absolute atomic E-state index is 0.0961. The van der Waals surface area contributed by atoms with Crippen molar-refractivity contribution in [3.8, 4) is 22.8 Å². The molecule has 11 heteroatoms. The highest BCUT2D eigenvalue weighted by Gasteiger charge is 2.48. The first-order valence-electron chi connectivity index (χ1n) is 11.1. The number of hydrazone groups is 1. The van der Waals surface area contributed by atoms with Gasteiger partial charge in [0.1, 0.15) is 5.69 Å². The van der Waals surface area contributed by atoms with Crippen LogP contribution in [0.5, 0.6) is 0 Å². The van der Waals surface area contributed by atoms with E-state index in [2.05, 4.69) is 37.5 Å². The molecule has 0 saturated carbocycles. The molecule has 2 aliphatic rings. The number of hydrogen-bond acceptors (Lipinski definition) is 10. The van der Waals surface area contributed by atoms with Crippen molar-refractivity contribution in [3.63, 3.8) is 0 Å². The van der Waals surface area contributed by atoms with Gasteiger partial charge in [-0.2, -0.15) is 5.10 Å². The number of anilines is 1. The summed E-state index contributed by atoms with van der Waals surface area (Å²) in [5, 5.41) is 24.4. The lowest BCUT2D eigenvalue weighted by Crippen LogP contribution is -2.38. The molecule has 0 spiro atoms. The molecule has 11 nitrogen and oxygen atoms in total. The highest BCUT2D eigenvalue weighted by atomic mass is 16.5. The van der Waals surface area contributed by atoms with Crippen LogP contribution in [0.4, 0.5) is 5.95 Å². The lowest BCUT2D eigenvalue weighted by Gasteiger charge is -2.26. The van der Waals surface area contributed by atoms with Gasteiger partial charge < -0.3 is 19.8 Å². The predicted octanol–water partition coefficient (Wildman–Crippen LogP) is 1.73. The number of likely N-dealkylation sites (N-methyl/N-ethyl adjacent to an activating group) is 2. The van der Waals surface area contributed by atoms with Crippen molar-refractivity contribution in [2.75, 3.05) is 26.0 Å². The number of nitrogens with zero attached hydrogens (tertiary/aromatic N) is 7. The smallest absolute Gasteiger partial charge is 0.262 e. The Balaban J connectivity index is 1.37. The lowest BCUT2D eigenvalue weighted by molar-refractivity contribution is -0.144. The summed E-state index contributed by atoms with van der Waals surface area (Å²) in [5.74, 6) is 0.224. The maximum Gasteiger partial charge on any atom is 0.262 e. The van der Waals surface area contributed by atoms with Crippen LogP contribution in [0.15, 0.2) is 46.2 Å². The Labute approximate surface area is 196 Å². The van der Waals surface area contributed by atoms with E-state index in [-0.39, 0.29) is 24.3 Å². The summed E-state index contributed by atoms with van der Waals surface area (Å²) in [4.78, 5) is 27.5. The standard InChI is InChI=1S/C23H26N8O3/c1-14(19-8-11-25-31(19)3)26-22-24-10-7-17(28-22)15-5-4-6-16(27-15)18-13-20(34-29-18)23(33)9-12-30(2)21(23)32/h4-7,10-11,13-14,19,33H,8-9,12H2,1-3H3,(H,24,26,28)/t14-,19?,23+/m0/s1. The average Bonchev–Trinajstić information content (AvgIpc) is 3.57. The molecule has 0 aliphatic carbocycles. The third kappa shape index (κ3) is 3.87. The Morgan fingerprint density at radius 1 is 1.18 bits per heavy atom. The van der Waals surface area contributed by atoms with Crippen molar-refractivity contribution in [2.45, 2.75) is 37.5 Å². The lowest BCUT2D eigenvalue weighted by atomic mass is 9.98. The van der Waals surface area contributed by atoms with E-state index < -0.39 is 11.5 Å². The van der Waals surface area contributed by atoms with Gasteiger partial charge in [0.2, 0.25) is 11.5 Å². The van der Waals surface area contributed by atoms with Crippen molar-refractivity contribution in [3.05, 3.63) is 42.3 Å². The minimum atomic E-state index is -1.69. The zero-order chi connectivity index (χ0) is 23.9. The molecule has 1 unspecified atom stereocenters. The molecule has 5 heterocycles. The van der Waals surface area contributed by atoms with Crippen molar-refractivity contribution >= 4 is 18.1 Å². The van der Waals surface area contributed by atoms with E-state index in [1.807, 2.05) is 30.4 Å². The number of pyridine rings is 1. The van der Waals surface area contributed by atoms with Gasteiger partial charge in [-0.05, 0) is 25.1 Å². The van der Waals surface area contributed by atoms with Crippen molar-refractivity contribution in [2.24, 2.45) is 5.10 Å². The second-order valence-electron chi connectivity index (χ2n) is 8.69. The Kier molecular flexibility index (Phi) is 5.48. The fraction of sp³-hybridized carbons (Fsp3) is 0.391. The van der Waals surface area contributed by atoms with Gasteiger partial charge in [0.25, 0.3) is 5.91 Å². The Hall–Kier alpha value is -3.86. The van der Waals surface area contributed by atoms with E-state index in [1.165, 1.54) is 4.90 Å². The number of hydrogen-bond donors (Lipinski definition) is 2. The fourth-order valence-corrected chi connectivity index (χ4v) is 4.31. The number of aromatic nitrogens is 4. The molecule has 3 aromatic rings. The van der Waals surface area contributed by atoms with Crippen molar-refractivity contribution in [1.29, 1.82) is 0 Å². The first-order valence-corrected chi connectivity index (χ1v) is 11.1. The fourth-order valence-electron chi connectivity index (χ4n) is 4.31. The molecular formula is C23H26N8O3. The van der Waals surface area contributed by atoms with Gasteiger partial charge in [0, 0.05) is 58.0 Å². The Morgan fingerprint density at radius 3 is 2.65 bits per heavy atom. The minimum Gasteiger partial charge on any atom is -0.373 e. The number of carbonyl (C=O) groups is 1. The first-order chi connectivity index (χ1) is 16.3. The summed E-state index contributed by atoms with van der Waals surface area (Å²) in [5.41, 5.74) is 0.563. The van der Waals surface area contributed by atoms with E-state index in [1.54, 1.807) is 31.4 Å². The maximum absolute atomic E-state index is 12.4. The summed E-state index contributed by atoms with van der Waals surface area (Å²) in [6.45, 7) is 2.53. The zero-order valence-electron chi connectivity index (χ0n) is 19.2. The topological polar surface area (TPSA) is 133 Å². The second-order valence-corrected chi connectivity index (χ2v) is 8.69. The molecule has 1 saturated heterocycles. The second kappa shape index (κ2) is 8.49. The molecule has 0 radical (unpaired) electrons. The predicted molar refractivity (Wildman–Crippen MR) is 125 cm³/mol. The molecule has 34 heavy (non-hydrogen) atoms. The van der Waals surface area contributed by atoms with Crippen LogP contribution in [0.1, 0.15) is 25.5 Å². The van der Waals surface area contributed by atoms with Crippen LogP contribution in [-0.4, -0.2) is 80.0 Å². The highest BCUT2D eigenvalue weighted by molar-refractivity contribution is 5.87. The average molecular weight is 463 g/mol. The molecule has 3 atom stereocenters. The van der Waals surface area contributed by atoms with Gasteiger partial charge in [-0.15, -0.1) is 0 Å². The quantitative estimate of drug-likeness (QED) is 0.562. The maximum atomic E-state index is 12.4. The molecule has 3 aromatic heterocycles. The largest absolute Gasteiger partial charge is 0.373 e. The monoisotopic (exact) mass is 462 g/mol. The Bertz CT molecular complexity index is 1240.